The van der Waals surface area contributed by atoms with Crippen LogP contribution in [-0.2, 0) is 0 Å². The molecule has 0 spiro atoms. The van der Waals surface area contributed by atoms with E-state index in [1.165, 1.54) is 9.75 Å². The lowest BCUT2D eigenvalue weighted by molar-refractivity contribution is 0.598. The van der Waals surface area contributed by atoms with Crippen LogP contribution in [0.2, 0.25) is 0 Å². The molecular formula is C10H18N2S. The largest absolute Gasteiger partial charge is 0.330 e. The lowest BCUT2D eigenvalue weighted by atomic mass is 10.1. The molecule has 1 aromatic heterocycles. The van der Waals surface area contributed by atoms with Crippen molar-refractivity contribution >= 4 is 11.3 Å². The SMILES string of the molecule is Cc1ccc([C@H](N)CCCCN)s1. The van der Waals surface area contributed by atoms with Crippen LogP contribution in [0.1, 0.15) is 35.1 Å². The highest BCUT2D eigenvalue weighted by Gasteiger charge is 2.06. The molecule has 2 nitrogen and oxygen atoms in total. The maximum absolute atomic E-state index is 6.02. The van der Waals surface area contributed by atoms with E-state index in [0.29, 0.717) is 0 Å². The van der Waals surface area contributed by atoms with Gasteiger partial charge in [0.2, 0.25) is 0 Å². The Kier molecular flexibility index (Phi) is 4.42. The van der Waals surface area contributed by atoms with E-state index < -0.39 is 0 Å². The minimum Gasteiger partial charge on any atom is -0.330 e. The lowest BCUT2D eigenvalue weighted by Gasteiger charge is -2.08. The van der Waals surface area contributed by atoms with Crippen LogP contribution in [0.25, 0.3) is 0 Å². The second-order valence-electron chi connectivity index (χ2n) is 3.34. The zero-order chi connectivity index (χ0) is 9.68. The van der Waals surface area contributed by atoms with Crippen molar-refractivity contribution in [2.75, 3.05) is 6.54 Å². The normalized spacial score (nSPS) is 13.2. The number of hydrogen-bond acceptors (Lipinski definition) is 3. The van der Waals surface area contributed by atoms with Crippen molar-refractivity contribution in [1.29, 1.82) is 0 Å². The van der Waals surface area contributed by atoms with Gasteiger partial charge in [0.25, 0.3) is 0 Å². The molecule has 4 N–H and O–H groups in total. The highest BCUT2D eigenvalue weighted by atomic mass is 32.1. The highest BCUT2D eigenvalue weighted by molar-refractivity contribution is 7.12. The third-order valence-corrected chi connectivity index (χ3v) is 3.23. The summed E-state index contributed by atoms with van der Waals surface area (Å²) >= 11 is 1.80. The predicted octanol–water partition coefficient (Wildman–Crippen LogP) is 2.19. The van der Waals surface area contributed by atoms with Crippen LogP contribution in [0.3, 0.4) is 0 Å². The van der Waals surface area contributed by atoms with Crippen molar-refractivity contribution in [3.63, 3.8) is 0 Å². The molecule has 0 saturated carbocycles. The van der Waals surface area contributed by atoms with Gasteiger partial charge >= 0.3 is 0 Å². The zero-order valence-corrected chi connectivity index (χ0v) is 8.94. The van der Waals surface area contributed by atoms with Gasteiger partial charge in [-0.2, -0.15) is 0 Å². The third-order valence-electron chi connectivity index (χ3n) is 2.10. The second-order valence-corrected chi connectivity index (χ2v) is 4.66. The molecule has 0 bridgehead atoms. The molecule has 1 rings (SSSR count). The summed E-state index contributed by atoms with van der Waals surface area (Å²) in [6.45, 7) is 2.89. The molecule has 0 aliphatic rings. The molecule has 0 radical (unpaired) electrons. The summed E-state index contributed by atoms with van der Waals surface area (Å²) in [5.74, 6) is 0. The minimum atomic E-state index is 0.213. The molecule has 3 heteroatoms. The van der Waals surface area contributed by atoms with Gasteiger partial charge in [0.15, 0.2) is 0 Å². The number of rotatable bonds is 5. The van der Waals surface area contributed by atoms with Gasteiger partial charge in [-0.3, -0.25) is 0 Å². The van der Waals surface area contributed by atoms with Crippen LogP contribution in [0, 0.1) is 6.92 Å². The Hall–Kier alpha value is -0.380. The van der Waals surface area contributed by atoms with E-state index in [2.05, 4.69) is 19.1 Å². The van der Waals surface area contributed by atoms with Crippen molar-refractivity contribution < 1.29 is 0 Å². The number of thiophene rings is 1. The van der Waals surface area contributed by atoms with Gasteiger partial charge in [-0.05, 0) is 38.4 Å². The molecule has 0 aromatic carbocycles. The van der Waals surface area contributed by atoms with Crippen LogP contribution < -0.4 is 11.5 Å². The molecule has 0 aliphatic heterocycles. The number of unbranched alkanes of at least 4 members (excludes halogenated alkanes) is 1. The smallest absolute Gasteiger partial charge is 0.0389 e. The van der Waals surface area contributed by atoms with E-state index in [1.54, 1.807) is 11.3 Å². The van der Waals surface area contributed by atoms with Crippen LogP contribution >= 0.6 is 11.3 Å². The van der Waals surface area contributed by atoms with E-state index in [1.807, 2.05) is 0 Å². The van der Waals surface area contributed by atoms with Crippen LogP contribution in [0.4, 0.5) is 0 Å². The van der Waals surface area contributed by atoms with Crippen molar-refractivity contribution in [2.24, 2.45) is 11.5 Å². The fraction of sp³-hybridized carbons (Fsp3) is 0.600. The summed E-state index contributed by atoms with van der Waals surface area (Å²) in [7, 11) is 0. The van der Waals surface area contributed by atoms with Crippen LogP contribution in [-0.4, -0.2) is 6.54 Å². The quantitative estimate of drug-likeness (QED) is 0.713. The Bertz CT molecular complexity index is 245. The zero-order valence-electron chi connectivity index (χ0n) is 8.12. The van der Waals surface area contributed by atoms with Gasteiger partial charge in [-0.1, -0.05) is 6.42 Å². The second kappa shape index (κ2) is 5.37. The molecule has 13 heavy (non-hydrogen) atoms. The molecule has 0 fully saturated rings. The van der Waals surface area contributed by atoms with Crippen molar-refractivity contribution in [1.82, 2.24) is 0 Å². The van der Waals surface area contributed by atoms with Gasteiger partial charge < -0.3 is 11.5 Å². The van der Waals surface area contributed by atoms with E-state index in [9.17, 15) is 0 Å². The number of aryl methyl sites for hydroxylation is 1. The van der Waals surface area contributed by atoms with E-state index >= 15 is 0 Å². The first-order valence-electron chi connectivity index (χ1n) is 4.76. The molecule has 1 atom stereocenters. The Morgan fingerprint density at radius 3 is 2.69 bits per heavy atom. The Labute approximate surface area is 83.9 Å². The van der Waals surface area contributed by atoms with Crippen molar-refractivity contribution in [2.45, 2.75) is 32.2 Å². The average molecular weight is 198 g/mol. The third kappa shape index (κ3) is 3.46. The minimum absolute atomic E-state index is 0.213. The van der Waals surface area contributed by atoms with Crippen molar-refractivity contribution in [3.05, 3.63) is 21.9 Å². The lowest BCUT2D eigenvalue weighted by Crippen LogP contribution is -2.09. The molecule has 0 unspecified atom stereocenters. The van der Waals surface area contributed by atoms with Gasteiger partial charge in [0, 0.05) is 15.8 Å². The summed E-state index contributed by atoms with van der Waals surface area (Å²) in [5.41, 5.74) is 11.4. The standard InChI is InChI=1S/C10H18N2S/c1-8-5-6-10(13-8)9(12)4-2-3-7-11/h5-6,9H,2-4,7,11-12H2,1H3/t9-/m1/s1. The molecule has 1 heterocycles. The summed E-state index contributed by atoms with van der Waals surface area (Å²) in [6, 6.07) is 4.47. The molecule has 0 amide bonds. The van der Waals surface area contributed by atoms with Crippen LogP contribution in [0.5, 0.6) is 0 Å². The van der Waals surface area contributed by atoms with Gasteiger partial charge in [-0.25, -0.2) is 0 Å². The highest BCUT2D eigenvalue weighted by Crippen LogP contribution is 2.24. The summed E-state index contributed by atoms with van der Waals surface area (Å²) in [5, 5.41) is 0. The monoisotopic (exact) mass is 198 g/mol. The summed E-state index contributed by atoms with van der Waals surface area (Å²) in [4.78, 5) is 2.64. The van der Waals surface area contributed by atoms with Crippen LogP contribution in [0.15, 0.2) is 12.1 Å². The summed E-state index contributed by atoms with van der Waals surface area (Å²) < 4.78 is 0. The predicted molar refractivity (Wildman–Crippen MR) is 58.9 cm³/mol. The first-order chi connectivity index (χ1) is 6.24. The molecule has 74 valence electrons. The van der Waals surface area contributed by atoms with Crippen molar-refractivity contribution in [3.8, 4) is 0 Å². The van der Waals surface area contributed by atoms with Gasteiger partial charge in [0.05, 0.1) is 0 Å². The molecular weight excluding hydrogens is 180 g/mol. The summed E-state index contributed by atoms with van der Waals surface area (Å²) in [6.07, 6.45) is 3.27. The van der Waals surface area contributed by atoms with E-state index in [4.69, 9.17) is 11.5 Å². The van der Waals surface area contributed by atoms with Gasteiger partial charge in [-0.15, -0.1) is 11.3 Å². The Balaban J connectivity index is 2.35. The number of nitrogens with two attached hydrogens (primary N) is 2. The Morgan fingerprint density at radius 1 is 1.38 bits per heavy atom. The topological polar surface area (TPSA) is 52.0 Å². The molecule has 0 saturated heterocycles. The maximum Gasteiger partial charge on any atom is 0.0389 e. The fourth-order valence-corrected chi connectivity index (χ4v) is 2.22. The molecule has 1 aromatic rings. The van der Waals surface area contributed by atoms with Gasteiger partial charge in [0.1, 0.15) is 0 Å². The maximum atomic E-state index is 6.02. The average Bonchev–Trinajstić information content (AvgIpc) is 2.52. The molecule has 0 aliphatic carbocycles. The first-order valence-corrected chi connectivity index (χ1v) is 5.57. The van der Waals surface area contributed by atoms with E-state index in [0.717, 1.165) is 25.8 Å². The first kappa shape index (κ1) is 10.7. The Morgan fingerprint density at radius 2 is 2.15 bits per heavy atom. The fourth-order valence-electron chi connectivity index (χ4n) is 1.30. The van der Waals surface area contributed by atoms with E-state index in [-0.39, 0.29) is 6.04 Å². The number of hydrogen-bond donors (Lipinski definition) is 2.